The van der Waals surface area contributed by atoms with Crippen LogP contribution in [-0.2, 0) is 0 Å². The molecule has 7 heteroatoms. The van der Waals surface area contributed by atoms with E-state index < -0.39 is 0 Å². The molecule has 1 aliphatic heterocycles. The van der Waals surface area contributed by atoms with E-state index in [2.05, 4.69) is 161 Å². The van der Waals surface area contributed by atoms with Crippen molar-refractivity contribution in [2.45, 2.75) is 9.79 Å². The monoisotopic (exact) mass is 785 g/mol. The lowest BCUT2D eigenvalue weighted by Crippen LogP contribution is -2.05. The molecule has 0 saturated carbocycles. The smallest absolute Gasteiger partial charge is 0.164 e. The predicted octanol–water partition coefficient (Wildman–Crippen LogP) is 13.9. The van der Waals surface area contributed by atoms with Crippen LogP contribution in [0.15, 0.2) is 202 Å². The lowest BCUT2D eigenvalue weighted by atomic mass is 10.0. The van der Waals surface area contributed by atoms with Gasteiger partial charge in [0.1, 0.15) is 16.8 Å². The van der Waals surface area contributed by atoms with Gasteiger partial charge in [-0.25, -0.2) is 15.0 Å². The Morgan fingerprint density at radius 3 is 1.88 bits per heavy atom. The van der Waals surface area contributed by atoms with E-state index in [1.807, 2.05) is 48.2 Å². The average Bonchev–Trinajstić information content (AvgIpc) is 3.98. The van der Waals surface area contributed by atoms with Crippen LogP contribution in [-0.4, -0.2) is 24.1 Å². The van der Waals surface area contributed by atoms with Crippen LogP contribution in [0, 0.1) is 0 Å². The summed E-state index contributed by atoms with van der Waals surface area (Å²) in [6.45, 7) is 0. The van der Waals surface area contributed by atoms with Gasteiger partial charge in [-0.3, -0.25) is 9.13 Å². The van der Waals surface area contributed by atoms with E-state index in [1.54, 1.807) is 0 Å². The molecule has 0 atom stereocenters. The van der Waals surface area contributed by atoms with E-state index in [4.69, 9.17) is 19.4 Å². The van der Waals surface area contributed by atoms with Gasteiger partial charge in [-0.15, -0.1) is 0 Å². The zero-order chi connectivity index (χ0) is 39.3. The van der Waals surface area contributed by atoms with Crippen molar-refractivity contribution >= 4 is 66.5 Å². The van der Waals surface area contributed by atoms with Gasteiger partial charge in [-0.1, -0.05) is 121 Å². The summed E-state index contributed by atoms with van der Waals surface area (Å²) in [6.07, 6.45) is 0. The van der Waals surface area contributed by atoms with Crippen molar-refractivity contribution in [2.24, 2.45) is 0 Å². The molecule has 4 aromatic heterocycles. The van der Waals surface area contributed by atoms with Gasteiger partial charge in [-0.05, 0) is 90.0 Å². The van der Waals surface area contributed by atoms with Crippen molar-refractivity contribution < 1.29 is 4.42 Å². The highest BCUT2D eigenvalue weighted by molar-refractivity contribution is 7.99. The van der Waals surface area contributed by atoms with Crippen molar-refractivity contribution in [3.8, 4) is 56.7 Å². The van der Waals surface area contributed by atoms with Crippen LogP contribution in [0.4, 0.5) is 0 Å². The maximum absolute atomic E-state index is 6.18. The Labute approximate surface area is 348 Å². The Kier molecular flexibility index (Phi) is 7.14. The van der Waals surface area contributed by atoms with Crippen molar-refractivity contribution in [3.05, 3.63) is 188 Å². The number of hydrogen-bond donors (Lipinski definition) is 0. The molecule has 0 N–H and O–H groups in total. The first-order valence-corrected chi connectivity index (χ1v) is 20.8. The molecule has 1 aliphatic rings. The largest absolute Gasteiger partial charge is 0.456 e. The fourth-order valence-electron chi connectivity index (χ4n) is 9.05. The van der Waals surface area contributed by atoms with E-state index in [9.17, 15) is 0 Å². The fourth-order valence-corrected chi connectivity index (χ4v) is 10.1. The van der Waals surface area contributed by atoms with Crippen LogP contribution in [0.5, 0.6) is 0 Å². The van der Waals surface area contributed by atoms with E-state index in [-0.39, 0.29) is 0 Å². The van der Waals surface area contributed by atoms with Gasteiger partial charge in [0.15, 0.2) is 17.5 Å². The third kappa shape index (κ3) is 4.99. The molecule has 6 nitrogen and oxygen atoms in total. The molecule has 0 amide bonds. The number of hydrogen-bond acceptors (Lipinski definition) is 5. The highest BCUT2D eigenvalue weighted by Gasteiger charge is 2.27. The van der Waals surface area contributed by atoms with Gasteiger partial charge in [0.25, 0.3) is 0 Å². The minimum absolute atomic E-state index is 0.598. The van der Waals surface area contributed by atoms with Gasteiger partial charge in [-0.2, -0.15) is 0 Å². The van der Waals surface area contributed by atoms with Gasteiger partial charge in [0.05, 0.1) is 16.7 Å². The van der Waals surface area contributed by atoms with Gasteiger partial charge in [0.2, 0.25) is 0 Å². The van der Waals surface area contributed by atoms with Crippen molar-refractivity contribution in [1.82, 2.24) is 24.1 Å². The minimum atomic E-state index is 0.598. The maximum Gasteiger partial charge on any atom is 0.164 e. The number of para-hydroxylation sites is 4. The second-order valence-corrected chi connectivity index (χ2v) is 16.3. The molecule has 12 aromatic rings. The average molecular weight is 786 g/mol. The Hall–Kier alpha value is -7.74. The van der Waals surface area contributed by atoms with Crippen LogP contribution in [0.3, 0.4) is 0 Å². The van der Waals surface area contributed by atoms with Crippen LogP contribution < -0.4 is 0 Å². The number of furan rings is 1. The molecule has 60 heavy (non-hydrogen) atoms. The molecule has 8 aromatic carbocycles. The summed E-state index contributed by atoms with van der Waals surface area (Å²) in [7, 11) is 0. The second-order valence-electron chi connectivity index (χ2n) is 15.2. The Bertz CT molecular complexity index is 3690. The molecule has 0 bridgehead atoms. The number of nitrogens with zero attached hydrogens (tertiary/aromatic N) is 5. The second kappa shape index (κ2) is 12.9. The number of benzene rings is 8. The first-order valence-electron chi connectivity index (χ1n) is 20.0. The lowest BCUT2D eigenvalue weighted by Gasteiger charge is -2.21. The van der Waals surface area contributed by atoms with E-state index >= 15 is 0 Å². The molecule has 0 fully saturated rings. The standard InChI is InChI=1S/C53H31N5OS/c1-2-12-32(13-3-1)34-14-10-15-35(30-34)51-54-50(55-52(56-51)36-26-29-45-41(31-36)38-16-5-8-21-44(38)59-45)33-24-27-37(28-25-33)57-42-19-6-4-17-39(42)48-40-18-11-23-47-49(40)58(53(48)57)43-20-7-9-22-46(43)60-47/h1-31H. The number of aromatic nitrogens is 5. The molecule has 13 rings (SSSR count). The summed E-state index contributed by atoms with van der Waals surface area (Å²) >= 11 is 1.85. The normalized spacial score (nSPS) is 12.3. The van der Waals surface area contributed by atoms with E-state index in [0.29, 0.717) is 17.5 Å². The highest BCUT2D eigenvalue weighted by Crippen LogP contribution is 2.49. The summed E-state index contributed by atoms with van der Waals surface area (Å²) < 4.78 is 11.1. The van der Waals surface area contributed by atoms with Crippen LogP contribution >= 0.6 is 11.8 Å². The summed E-state index contributed by atoms with van der Waals surface area (Å²) in [5.41, 5.74) is 12.5. The van der Waals surface area contributed by atoms with Crippen LogP contribution in [0.2, 0.25) is 0 Å². The predicted molar refractivity (Wildman–Crippen MR) is 244 cm³/mol. The zero-order valence-corrected chi connectivity index (χ0v) is 32.8. The molecule has 0 unspecified atom stereocenters. The quantitative estimate of drug-likeness (QED) is 0.174. The van der Waals surface area contributed by atoms with Crippen LogP contribution in [0.1, 0.15) is 0 Å². The molecule has 0 saturated heterocycles. The summed E-state index contributed by atoms with van der Waals surface area (Å²) in [4.78, 5) is 18.0. The lowest BCUT2D eigenvalue weighted by molar-refractivity contribution is 0.669. The Morgan fingerprint density at radius 1 is 0.400 bits per heavy atom. The van der Waals surface area contributed by atoms with E-state index in [0.717, 1.165) is 66.6 Å². The third-order valence-electron chi connectivity index (χ3n) is 11.8. The van der Waals surface area contributed by atoms with Gasteiger partial charge < -0.3 is 4.42 Å². The summed E-state index contributed by atoms with van der Waals surface area (Å²) in [5, 5.41) is 5.84. The minimum Gasteiger partial charge on any atom is -0.456 e. The van der Waals surface area contributed by atoms with Crippen molar-refractivity contribution in [1.29, 1.82) is 0 Å². The van der Waals surface area contributed by atoms with E-state index in [1.165, 1.54) is 37.2 Å². The van der Waals surface area contributed by atoms with Gasteiger partial charge in [0, 0.05) is 59.1 Å². The molecule has 0 aliphatic carbocycles. The first-order chi connectivity index (χ1) is 29.7. The van der Waals surface area contributed by atoms with Crippen LogP contribution in [0.25, 0.3) is 111 Å². The Balaban J connectivity index is 0.997. The number of rotatable bonds is 5. The molecule has 0 radical (unpaired) electrons. The maximum atomic E-state index is 6.18. The van der Waals surface area contributed by atoms with Crippen molar-refractivity contribution in [2.75, 3.05) is 0 Å². The summed E-state index contributed by atoms with van der Waals surface area (Å²) in [6, 6.07) is 66.0. The highest BCUT2D eigenvalue weighted by atomic mass is 32.2. The topological polar surface area (TPSA) is 61.7 Å². The Morgan fingerprint density at radius 2 is 1.02 bits per heavy atom. The first kappa shape index (κ1) is 33.3. The summed E-state index contributed by atoms with van der Waals surface area (Å²) in [5.74, 6) is 1.81. The SMILES string of the molecule is c1ccc(-c2cccc(-c3nc(-c4ccc(-n5c6ccccc6c6c7cccc8c7n(c65)-c5ccccc5S8)cc4)nc(-c4ccc5oc6ccccc6c5c4)n3)c2)cc1. The fraction of sp³-hybridized carbons (Fsp3) is 0. The molecular weight excluding hydrogens is 755 g/mol. The number of fused-ring (bicyclic) bond motifs is 10. The molecular formula is C53H31N5OS. The third-order valence-corrected chi connectivity index (χ3v) is 12.9. The van der Waals surface area contributed by atoms with Gasteiger partial charge >= 0.3 is 0 Å². The molecule has 0 spiro atoms. The zero-order valence-electron chi connectivity index (χ0n) is 32.0. The van der Waals surface area contributed by atoms with Crippen molar-refractivity contribution in [3.63, 3.8) is 0 Å². The molecule has 5 heterocycles. The molecule has 280 valence electrons.